The number of sulfone groups is 2. The third-order valence-electron chi connectivity index (χ3n) is 3.32. The van der Waals surface area contributed by atoms with E-state index in [1.807, 2.05) is 16.7 Å². The third kappa shape index (κ3) is 4.14. The van der Waals surface area contributed by atoms with Crippen LogP contribution in [0, 0.1) is 0 Å². The average Bonchev–Trinajstić information content (AvgIpc) is 2.64. The topological polar surface area (TPSA) is 71.5 Å². The van der Waals surface area contributed by atoms with E-state index in [-0.39, 0.29) is 9.79 Å². The van der Waals surface area contributed by atoms with Crippen molar-refractivity contribution in [1.29, 1.82) is 0 Å². The van der Waals surface area contributed by atoms with Crippen molar-refractivity contribution >= 4 is 37.1 Å². The van der Waals surface area contributed by atoms with Gasteiger partial charge in [-0.1, -0.05) is 0 Å². The maximum Gasteiger partial charge on any atom is 0.177 e. The molecule has 5 nitrogen and oxygen atoms in total. The van der Waals surface area contributed by atoms with E-state index in [0.29, 0.717) is 5.69 Å². The monoisotopic (exact) mass is 349 g/mol. The number of benzene rings is 1. The molecule has 1 aliphatic heterocycles. The second-order valence-electron chi connectivity index (χ2n) is 5.13. The van der Waals surface area contributed by atoms with Crippen LogP contribution < -0.4 is 4.90 Å². The Morgan fingerprint density at radius 2 is 1.71 bits per heavy atom. The van der Waals surface area contributed by atoms with Crippen LogP contribution >= 0.6 is 11.8 Å². The molecule has 0 N–H and O–H groups in total. The van der Waals surface area contributed by atoms with E-state index in [1.165, 1.54) is 12.1 Å². The summed E-state index contributed by atoms with van der Waals surface area (Å²) in [4.78, 5) is 2.16. The minimum absolute atomic E-state index is 0.0378. The third-order valence-corrected chi connectivity index (χ3v) is 6.61. The summed E-state index contributed by atoms with van der Waals surface area (Å²) in [5, 5.41) is 0. The van der Waals surface area contributed by atoms with Gasteiger partial charge >= 0.3 is 0 Å². The summed E-state index contributed by atoms with van der Waals surface area (Å²) in [6.07, 6.45) is 3.18. The van der Waals surface area contributed by atoms with Gasteiger partial charge in [0.2, 0.25) is 0 Å². The lowest BCUT2D eigenvalue weighted by Crippen LogP contribution is -2.27. The van der Waals surface area contributed by atoms with E-state index >= 15 is 0 Å². The zero-order valence-electron chi connectivity index (χ0n) is 12.1. The molecular formula is C13H19NO4S3. The fourth-order valence-corrected chi connectivity index (χ4v) is 4.80. The van der Waals surface area contributed by atoms with Crippen molar-refractivity contribution in [1.82, 2.24) is 0 Å². The molecule has 1 heterocycles. The molecule has 2 rings (SSSR count). The lowest BCUT2D eigenvalue weighted by atomic mass is 10.2. The highest BCUT2D eigenvalue weighted by molar-refractivity contribution is 7.99. The van der Waals surface area contributed by atoms with E-state index in [2.05, 4.69) is 0 Å². The molecule has 0 bridgehead atoms. The summed E-state index contributed by atoms with van der Waals surface area (Å²) in [5.41, 5.74) is 0.604. The Morgan fingerprint density at radius 1 is 1.00 bits per heavy atom. The zero-order valence-corrected chi connectivity index (χ0v) is 14.5. The van der Waals surface area contributed by atoms with E-state index in [1.54, 1.807) is 6.07 Å². The standard InChI is InChI=1S/C13H19NO4S3/c1-20(15,16)11-4-5-12(13(10-11)21(2,17)18)14-6-3-8-19-9-7-14/h4-5,10H,3,6-9H2,1-2H3. The predicted octanol–water partition coefficient (Wildman–Crippen LogP) is 1.44. The van der Waals surface area contributed by atoms with Gasteiger partial charge in [-0.3, -0.25) is 0 Å². The molecule has 0 aliphatic carbocycles. The van der Waals surface area contributed by atoms with Crippen LogP contribution in [0.4, 0.5) is 5.69 Å². The van der Waals surface area contributed by atoms with Crippen LogP contribution in [0.3, 0.4) is 0 Å². The van der Waals surface area contributed by atoms with Crippen molar-refractivity contribution in [2.45, 2.75) is 16.2 Å². The normalized spacial score (nSPS) is 17.5. The van der Waals surface area contributed by atoms with Gasteiger partial charge in [0.15, 0.2) is 19.7 Å². The molecule has 21 heavy (non-hydrogen) atoms. The maximum absolute atomic E-state index is 12.0. The summed E-state index contributed by atoms with van der Waals surface area (Å²) in [6.45, 7) is 1.55. The average molecular weight is 349 g/mol. The molecule has 1 aromatic carbocycles. The molecule has 0 amide bonds. The van der Waals surface area contributed by atoms with Gasteiger partial charge in [-0.25, -0.2) is 16.8 Å². The van der Waals surface area contributed by atoms with Crippen LogP contribution in [0.1, 0.15) is 6.42 Å². The molecule has 1 saturated heterocycles. The Kier molecular flexibility index (Phi) is 4.89. The first-order valence-electron chi connectivity index (χ1n) is 6.56. The molecule has 0 atom stereocenters. The largest absolute Gasteiger partial charge is 0.370 e. The SMILES string of the molecule is CS(=O)(=O)c1ccc(N2CCCSCC2)c(S(C)(=O)=O)c1. The Bertz CT molecular complexity index is 718. The van der Waals surface area contributed by atoms with Crippen LogP contribution in [-0.4, -0.2) is 53.9 Å². The lowest BCUT2D eigenvalue weighted by molar-refractivity contribution is 0.599. The van der Waals surface area contributed by atoms with Crippen LogP contribution in [0.25, 0.3) is 0 Å². The van der Waals surface area contributed by atoms with Gasteiger partial charge in [0.1, 0.15) is 0 Å². The van der Waals surface area contributed by atoms with Crippen LogP contribution in [0.5, 0.6) is 0 Å². The molecule has 8 heteroatoms. The van der Waals surface area contributed by atoms with Crippen molar-refractivity contribution in [3.63, 3.8) is 0 Å². The minimum Gasteiger partial charge on any atom is -0.370 e. The van der Waals surface area contributed by atoms with E-state index < -0.39 is 19.7 Å². The highest BCUT2D eigenvalue weighted by atomic mass is 32.2. The zero-order chi connectivity index (χ0) is 15.7. The lowest BCUT2D eigenvalue weighted by Gasteiger charge is -2.25. The van der Waals surface area contributed by atoms with Gasteiger partial charge in [-0.2, -0.15) is 11.8 Å². The van der Waals surface area contributed by atoms with Gasteiger partial charge in [0, 0.05) is 31.4 Å². The van der Waals surface area contributed by atoms with Crippen molar-refractivity contribution in [2.24, 2.45) is 0 Å². The van der Waals surface area contributed by atoms with Crippen LogP contribution in [0.15, 0.2) is 28.0 Å². The van der Waals surface area contributed by atoms with Gasteiger partial charge in [-0.05, 0) is 30.4 Å². The summed E-state index contributed by atoms with van der Waals surface area (Å²) in [7, 11) is -6.92. The maximum atomic E-state index is 12.0. The van der Waals surface area contributed by atoms with Gasteiger partial charge in [0.05, 0.1) is 15.5 Å². The fourth-order valence-electron chi connectivity index (χ4n) is 2.27. The number of thioether (sulfide) groups is 1. The Hall–Kier alpha value is -0.730. The molecule has 1 fully saturated rings. The minimum atomic E-state index is -3.49. The Balaban J connectivity index is 2.55. The number of anilines is 1. The summed E-state index contributed by atoms with van der Waals surface area (Å²) >= 11 is 1.85. The van der Waals surface area contributed by atoms with Crippen molar-refractivity contribution in [2.75, 3.05) is 42.0 Å². The number of hydrogen-bond donors (Lipinski definition) is 0. The second kappa shape index (κ2) is 6.18. The predicted molar refractivity (Wildman–Crippen MR) is 86.8 cm³/mol. The van der Waals surface area contributed by atoms with E-state index in [4.69, 9.17) is 0 Å². The molecule has 0 unspecified atom stereocenters. The highest BCUT2D eigenvalue weighted by Crippen LogP contribution is 2.29. The number of hydrogen-bond acceptors (Lipinski definition) is 6. The fraction of sp³-hybridized carbons (Fsp3) is 0.538. The molecule has 1 aliphatic rings. The Labute approximate surface area is 130 Å². The quantitative estimate of drug-likeness (QED) is 0.822. The summed E-state index contributed by atoms with van der Waals surface area (Å²) in [6, 6.07) is 4.37. The van der Waals surface area contributed by atoms with E-state index in [0.717, 1.165) is 43.5 Å². The van der Waals surface area contributed by atoms with Gasteiger partial charge in [-0.15, -0.1) is 0 Å². The summed E-state index contributed by atoms with van der Waals surface area (Å²) < 4.78 is 47.4. The number of rotatable bonds is 3. The number of nitrogens with zero attached hydrogens (tertiary/aromatic N) is 1. The molecule has 0 saturated carbocycles. The van der Waals surface area contributed by atoms with Gasteiger partial charge in [0.25, 0.3) is 0 Å². The summed E-state index contributed by atoms with van der Waals surface area (Å²) in [5.74, 6) is 2.00. The molecule has 1 aromatic rings. The first-order chi connectivity index (χ1) is 9.69. The molecule has 118 valence electrons. The van der Waals surface area contributed by atoms with Crippen LogP contribution in [0.2, 0.25) is 0 Å². The molecule has 0 spiro atoms. The van der Waals surface area contributed by atoms with E-state index in [9.17, 15) is 16.8 Å². The highest BCUT2D eigenvalue weighted by Gasteiger charge is 2.22. The Morgan fingerprint density at radius 3 is 2.33 bits per heavy atom. The van der Waals surface area contributed by atoms with Crippen molar-refractivity contribution < 1.29 is 16.8 Å². The van der Waals surface area contributed by atoms with Crippen LogP contribution in [-0.2, 0) is 19.7 Å². The molecule has 0 radical (unpaired) electrons. The smallest absolute Gasteiger partial charge is 0.177 e. The second-order valence-corrected chi connectivity index (χ2v) is 10.4. The first kappa shape index (κ1) is 16.6. The molecular weight excluding hydrogens is 330 g/mol. The van der Waals surface area contributed by atoms with Gasteiger partial charge < -0.3 is 4.90 Å². The van der Waals surface area contributed by atoms with Crippen molar-refractivity contribution in [3.05, 3.63) is 18.2 Å². The molecule has 0 aromatic heterocycles. The van der Waals surface area contributed by atoms with Crippen molar-refractivity contribution in [3.8, 4) is 0 Å². The first-order valence-corrected chi connectivity index (χ1v) is 11.5.